The Morgan fingerprint density at radius 1 is 1.41 bits per heavy atom. The van der Waals surface area contributed by atoms with Crippen LogP contribution in [0.15, 0.2) is 16.6 Å². The van der Waals surface area contributed by atoms with Crippen LogP contribution in [0.4, 0.5) is 0 Å². The molecule has 1 aliphatic carbocycles. The first kappa shape index (κ1) is 16.0. The molecule has 0 aromatic carbocycles. The standard InChI is InChI=1S/C18H27NO2S/c1-17(2,3)16-8-10-18(4,21-19-16)12-20-14-6-5-7-15-13(14)9-11-22-15/h9,11,14H,5-8,10,12H2,1-4H3. The molecule has 0 amide bonds. The van der Waals surface area contributed by atoms with Crippen LogP contribution in [0.5, 0.6) is 0 Å². The van der Waals surface area contributed by atoms with E-state index in [1.54, 1.807) is 0 Å². The van der Waals surface area contributed by atoms with E-state index in [1.807, 2.05) is 11.3 Å². The molecule has 0 N–H and O–H groups in total. The van der Waals surface area contributed by atoms with Crippen molar-refractivity contribution >= 4 is 17.0 Å². The maximum absolute atomic E-state index is 6.24. The first-order valence-electron chi connectivity index (χ1n) is 8.31. The van der Waals surface area contributed by atoms with E-state index in [4.69, 9.17) is 9.57 Å². The molecule has 2 heterocycles. The first-order chi connectivity index (χ1) is 10.4. The van der Waals surface area contributed by atoms with E-state index in [0.717, 1.165) is 25.0 Å². The quantitative estimate of drug-likeness (QED) is 0.774. The zero-order chi connectivity index (χ0) is 15.8. The predicted molar refractivity (Wildman–Crippen MR) is 91.6 cm³/mol. The molecule has 122 valence electrons. The SMILES string of the molecule is CC1(COC2CCCc3sccc32)CCC(C(C)(C)C)=NO1. The number of hydrogen-bond donors (Lipinski definition) is 0. The van der Waals surface area contributed by atoms with Gasteiger partial charge in [-0.2, -0.15) is 0 Å². The Kier molecular flexibility index (Phi) is 4.34. The molecule has 1 aromatic rings. The highest BCUT2D eigenvalue weighted by Crippen LogP contribution is 2.37. The van der Waals surface area contributed by atoms with E-state index in [1.165, 1.54) is 23.3 Å². The van der Waals surface area contributed by atoms with Crippen LogP contribution in [0.2, 0.25) is 0 Å². The van der Waals surface area contributed by atoms with Crippen LogP contribution in [-0.2, 0) is 16.0 Å². The third kappa shape index (κ3) is 3.38. The van der Waals surface area contributed by atoms with Crippen molar-refractivity contribution in [3.63, 3.8) is 0 Å². The minimum absolute atomic E-state index is 0.0944. The van der Waals surface area contributed by atoms with Gasteiger partial charge in [0.25, 0.3) is 0 Å². The molecule has 0 bridgehead atoms. The van der Waals surface area contributed by atoms with Crippen LogP contribution in [-0.4, -0.2) is 17.9 Å². The second-order valence-corrected chi connectivity index (χ2v) is 8.82. The Balaban J connectivity index is 1.60. The van der Waals surface area contributed by atoms with E-state index in [9.17, 15) is 0 Å². The molecule has 3 rings (SSSR count). The number of thiophene rings is 1. The summed E-state index contributed by atoms with van der Waals surface area (Å²) in [6.45, 7) is 9.30. The zero-order valence-electron chi connectivity index (χ0n) is 14.1. The van der Waals surface area contributed by atoms with Crippen molar-refractivity contribution in [1.29, 1.82) is 0 Å². The van der Waals surface area contributed by atoms with Crippen molar-refractivity contribution in [2.75, 3.05) is 6.61 Å². The lowest BCUT2D eigenvalue weighted by molar-refractivity contribution is -0.117. The fourth-order valence-corrected chi connectivity index (χ4v) is 4.12. The average molecular weight is 321 g/mol. The number of hydrogen-bond acceptors (Lipinski definition) is 4. The second-order valence-electron chi connectivity index (χ2n) is 7.82. The number of nitrogens with zero attached hydrogens (tertiary/aromatic N) is 1. The highest BCUT2D eigenvalue weighted by Gasteiger charge is 2.35. The molecular weight excluding hydrogens is 294 g/mol. The van der Waals surface area contributed by atoms with Gasteiger partial charge in [-0.05, 0) is 56.0 Å². The number of oxime groups is 1. The average Bonchev–Trinajstić information content (AvgIpc) is 2.93. The van der Waals surface area contributed by atoms with Gasteiger partial charge in [0.1, 0.15) is 0 Å². The Morgan fingerprint density at radius 2 is 2.23 bits per heavy atom. The maximum atomic E-state index is 6.24. The van der Waals surface area contributed by atoms with Gasteiger partial charge in [-0.25, -0.2) is 0 Å². The molecule has 3 nitrogen and oxygen atoms in total. The molecule has 0 spiro atoms. The van der Waals surface area contributed by atoms with Crippen molar-refractivity contribution in [3.05, 3.63) is 21.9 Å². The minimum atomic E-state index is -0.289. The molecule has 0 saturated carbocycles. The van der Waals surface area contributed by atoms with Crippen LogP contribution in [0, 0.1) is 5.41 Å². The molecule has 0 radical (unpaired) electrons. The Morgan fingerprint density at radius 3 is 2.91 bits per heavy atom. The number of fused-ring (bicyclic) bond motifs is 1. The Bertz CT molecular complexity index is 558. The normalized spacial score (nSPS) is 28.7. The van der Waals surface area contributed by atoms with Crippen LogP contribution >= 0.6 is 11.3 Å². The molecule has 22 heavy (non-hydrogen) atoms. The van der Waals surface area contributed by atoms with Gasteiger partial charge in [-0.3, -0.25) is 0 Å². The summed E-state index contributed by atoms with van der Waals surface area (Å²) < 4.78 is 6.24. The van der Waals surface area contributed by atoms with Crippen LogP contribution < -0.4 is 0 Å². The van der Waals surface area contributed by atoms with Gasteiger partial charge in [0.2, 0.25) is 0 Å². The summed E-state index contributed by atoms with van der Waals surface area (Å²) >= 11 is 1.86. The zero-order valence-corrected chi connectivity index (χ0v) is 15.0. The highest BCUT2D eigenvalue weighted by atomic mass is 32.1. The number of ether oxygens (including phenoxy) is 1. The van der Waals surface area contributed by atoms with Crippen molar-refractivity contribution in [2.24, 2.45) is 10.6 Å². The second kappa shape index (κ2) is 5.97. The van der Waals surface area contributed by atoms with Gasteiger partial charge in [-0.15, -0.1) is 11.3 Å². The summed E-state index contributed by atoms with van der Waals surface area (Å²) in [5.41, 5.74) is 2.36. The van der Waals surface area contributed by atoms with Crippen molar-refractivity contribution in [2.45, 2.75) is 71.5 Å². The summed E-state index contributed by atoms with van der Waals surface area (Å²) in [6.07, 6.45) is 5.77. The fraction of sp³-hybridized carbons (Fsp3) is 0.722. The molecule has 2 atom stereocenters. The van der Waals surface area contributed by atoms with Crippen LogP contribution in [0.3, 0.4) is 0 Å². The van der Waals surface area contributed by atoms with Crippen molar-refractivity contribution < 1.29 is 9.57 Å². The van der Waals surface area contributed by atoms with Crippen molar-refractivity contribution in [1.82, 2.24) is 0 Å². The van der Waals surface area contributed by atoms with E-state index in [2.05, 4.69) is 44.3 Å². The van der Waals surface area contributed by atoms with Gasteiger partial charge in [0, 0.05) is 10.3 Å². The molecule has 1 aliphatic heterocycles. The third-order valence-corrected chi connectivity index (χ3v) is 5.72. The van der Waals surface area contributed by atoms with Gasteiger partial charge in [-0.1, -0.05) is 25.9 Å². The Hall–Kier alpha value is -0.870. The third-order valence-electron chi connectivity index (χ3n) is 4.72. The summed E-state index contributed by atoms with van der Waals surface area (Å²) in [5, 5.41) is 6.58. The van der Waals surface area contributed by atoms with E-state index in [0.29, 0.717) is 6.61 Å². The molecule has 0 saturated heterocycles. The number of rotatable bonds is 3. The fourth-order valence-electron chi connectivity index (χ4n) is 3.14. The van der Waals surface area contributed by atoms with Gasteiger partial charge < -0.3 is 9.57 Å². The monoisotopic (exact) mass is 321 g/mol. The lowest BCUT2D eigenvalue weighted by Crippen LogP contribution is -2.39. The lowest BCUT2D eigenvalue weighted by Gasteiger charge is -2.35. The van der Waals surface area contributed by atoms with Crippen LogP contribution in [0.1, 0.15) is 69.9 Å². The van der Waals surface area contributed by atoms with Gasteiger partial charge >= 0.3 is 0 Å². The first-order valence-corrected chi connectivity index (χ1v) is 9.19. The lowest BCUT2D eigenvalue weighted by atomic mass is 9.84. The highest BCUT2D eigenvalue weighted by molar-refractivity contribution is 7.10. The summed E-state index contributed by atoms with van der Waals surface area (Å²) in [7, 11) is 0. The molecule has 4 heteroatoms. The smallest absolute Gasteiger partial charge is 0.158 e. The molecule has 0 fully saturated rings. The van der Waals surface area contributed by atoms with E-state index >= 15 is 0 Å². The summed E-state index contributed by atoms with van der Waals surface area (Å²) in [4.78, 5) is 7.33. The largest absolute Gasteiger partial charge is 0.387 e. The Labute approximate surface area is 137 Å². The van der Waals surface area contributed by atoms with E-state index < -0.39 is 0 Å². The summed E-state index contributed by atoms with van der Waals surface area (Å²) in [6, 6.07) is 2.23. The predicted octanol–water partition coefficient (Wildman–Crippen LogP) is 5.11. The summed E-state index contributed by atoms with van der Waals surface area (Å²) in [5.74, 6) is 0. The molecular formula is C18H27NO2S. The minimum Gasteiger partial charge on any atom is -0.387 e. The van der Waals surface area contributed by atoms with E-state index in [-0.39, 0.29) is 17.1 Å². The van der Waals surface area contributed by atoms with Crippen molar-refractivity contribution in [3.8, 4) is 0 Å². The molecule has 1 aromatic heterocycles. The van der Waals surface area contributed by atoms with Gasteiger partial charge in [0.15, 0.2) is 5.60 Å². The van der Waals surface area contributed by atoms with Gasteiger partial charge in [0.05, 0.1) is 18.4 Å². The number of aryl methyl sites for hydroxylation is 1. The van der Waals surface area contributed by atoms with Crippen LogP contribution in [0.25, 0.3) is 0 Å². The molecule has 2 aliphatic rings. The topological polar surface area (TPSA) is 30.8 Å². The molecule has 2 unspecified atom stereocenters. The maximum Gasteiger partial charge on any atom is 0.158 e.